The van der Waals surface area contributed by atoms with Crippen LogP contribution in [0.4, 0.5) is 0 Å². The van der Waals surface area contributed by atoms with E-state index in [-0.39, 0.29) is 5.91 Å². The molecule has 1 unspecified atom stereocenters. The smallest absolute Gasteiger partial charge is 0.254 e. The molecule has 0 aliphatic carbocycles. The minimum absolute atomic E-state index is 0.0709. The number of likely N-dealkylation sites (tertiary alicyclic amines) is 1. The van der Waals surface area contributed by atoms with Crippen LogP contribution in [-0.4, -0.2) is 30.4 Å². The Balaban J connectivity index is 2.12. The fraction of sp³-hybridized carbons (Fsp3) is 0.417. The van der Waals surface area contributed by atoms with Gasteiger partial charge in [-0.05, 0) is 31.0 Å². The topological polar surface area (TPSA) is 46.3 Å². The maximum absolute atomic E-state index is 12.2. The van der Waals surface area contributed by atoms with Crippen molar-refractivity contribution in [2.45, 2.75) is 11.3 Å². The van der Waals surface area contributed by atoms with E-state index >= 15 is 0 Å². The fourth-order valence-corrected chi connectivity index (χ4v) is 2.29. The third-order valence-electron chi connectivity index (χ3n) is 3.04. The quantitative estimate of drug-likeness (QED) is 0.762. The molecule has 3 nitrogen and oxygen atoms in total. The zero-order chi connectivity index (χ0) is 11.5. The normalized spacial score (nSPS) is 20.1. The first-order chi connectivity index (χ1) is 7.72. The van der Waals surface area contributed by atoms with Gasteiger partial charge in [0, 0.05) is 18.0 Å². The van der Waals surface area contributed by atoms with Gasteiger partial charge in [0.25, 0.3) is 5.91 Å². The number of nitrogens with two attached hydrogens (primary N) is 1. The van der Waals surface area contributed by atoms with Crippen molar-refractivity contribution in [3.8, 4) is 0 Å². The molecule has 0 bridgehead atoms. The van der Waals surface area contributed by atoms with Gasteiger partial charge in [-0.3, -0.25) is 4.79 Å². The molecule has 16 heavy (non-hydrogen) atoms. The van der Waals surface area contributed by atoms with E-state index in [9.17, 15) is 4.79 Å². The van der Waals surface area contributed by atoms with Crippen molar-refractivity contribution in [1.29, 1.82) is 0 Å². The van der Waals surface area contributed by atoms with E-state index in [2.05, 4.69) is 12.6 Å². The van der Waals surface area contributed by atoms with Gasteiger partial charge in [0.15, 0.2) is 0 Å². The summed E-state index contributed by atoms with van der Waals surface area (Å²) in [6.45, 7) is 2.24. The number of hydrogen-bond donors (Lipinski definition) is 2. The molecule has 0 aromatic heterocycles. The number of thiol groups is 1. The number of hydrogen-bond acceptors (Lipinski definition) is 3. The Kier molecular flexibility index (Phi) is 3.51. The lowest BCUT2D eigenvalue weighted by molar-refractivity contribution is 0.0784. The Morgan fingerprint density at radius 3 is 2.88 bits per heavy atom. The molecule has 2 N–H and O–H groups in total. The number of benzene rings is 1. The number of carbonyl (C=O) groups is 1. The second-order valence-electron chi connectivity index (χ2n) is 4.16. The maximum atomic E-state index is 12.2. The summed E-state index contributed by atoms with van der Waals surface area (Å²) in [6.07, 6.45) is 1.01. The molecule has 1 saturated heterocycles. The van der Waals surface area contributed by atoms with Crippen LogP contribution in [0.15, 0.2) is 29.2 Å². The van der Waals surface area contributed by atoms with Crippen LogP contribution in [0, 0.1) is 5.92 Å². The van der Waals surface area contributed by atoms with Crippen molar-refractivity contribution >= 4 is 18.5 Å². The Hall–Kier alpha value is -1.00. The molecular weight excluding hydrogens is 220 g/mol. The van der Waals surface area contributed by atoms with Crippen LogP contribution >= 0.6 is 12.6 Å². The highest BCUT2D eigenvalue weighted by Crippen LogP contribution is 2.20. The number of carbonyl (C=O) groups excluding carboxylic acids is 1. The van der Waals surface area contributed by atoms with Gasteiger partial charge in [-0.2, -0.15) is 0 Å². The summed E-state index contributed by atoms with van der Waals surface area (Å²) in [6, 6.07) is 7.41. The van der Waals surface area contributed by atoms with Gasteiger partial charge in [0.2, 0.25) is 0 Å². The van der Waals surface area contributed by atoms with Gasteiger partial charge in [-0.1, -0.05) is 12.1 Å². The SMILES string of the molecule is NCC1CCN(C(=O)c2ccccc2S)C1. The van der Waals surface area contributed by atoms with Crippen LogP contribution in [0.3, 0.4) is 0 Å². The molecule has 1 heterocycles. The lowest BCUT2D eigenvalue weighted by atomic mass is 10.1. The Bertz CT molecular complexity index is 394. The van der Waals surface area contributed by atoms with Gasteiger partial charge in [0.05, 0.1) is 5.56 Å². The average Bonchev–Trinajstić information content (AvgIpc) is 2.77. The molecule has 1 aromatic rings. The first-order valence-corrected chi connectivity index (χ1v) is 5.94. The number of nitrogens with zero attached hydrogens (tertiary/aromatic N) is 1. The van der Waals surface area contributed by atoms with E-state index in [0.717, 1.165) is 24.4 Å². The van der Waals surface area contributed by atoms with Crippen LogP contribution in [0.2, 0.25) is 0 Å². The van der Waals surface area contributed by atoms with Crippen LogP contribution in [0.1, 0.15) is 16.8 Å². The zero-order valence-electron chi connectivity index (χ0n) is 9.10. The van der Waals surface area contributed by atoms with Crippen LogP contribution in [-0.2, 0) is 0 Å². The van der Waals surface area contributed by atoms with E-state index in [1.807, 2.05) is 29.2 Å². The van der Waals surface area contributed by atoms with Crippen LogP contribution in [0.5, 0.6) is 0 Å². The van der Waals surface area contributed by atoms with Crippen molar-refractivity contribution in [2.75, 3.05) is 19.6 Å². The standard InChI is InChI=1S/C12H16N2OS/c13-7-9-5-6-14(8-9)12(15)10-3-1-2-4-11(10)16/h1-4,9,16H,5-8,13H2. The summed E-state index contributed by atoms with van der Waals surface area (Å²) in [7, 11) is 0. The minimum Gasteiger partial charge on any atom is -0.338 e. The summed E-state index contributed by atoms with van der Waals surface area (Å²) >= 11 is 4.30. The largest absolute Gasteiger partial charge is 0.338 e. The fourth-order valence-electron chi connectivity index (χ4n) is 2.03. The lowest BCUT2D eigenvalue weighted by Crippen LogP contribution is -2.30. The molecule has 4 heteroatoms. The van der Waals surface area contributed by atoms with Crippen LogP contribution in [0.25, 0.3) is 0 Å². The molecule has 1 aliphatic heterocycles. The first-order valence-electron chi connectivity index (χ1n) is 5.49. The highest BCUT2D eigenvalue weighted by molar-refractivity contribution is 7.80. The summed E-state index contributed by atoms with van der Waals surface area (Å²) in [5, 5.41) is 0. The second kappa shape index (κ2) is 4.89. The monoisotopic (exact) mass is 236 g/mol. The molecule has 1 aliphatic rings. The van der Waals surface area contributed by atoms with E-state index in [0.29, 0.717) is 18.0 Å². The molecular formula is C12H16N2OS. The summed E-state index contributed by atoms with van der Waals surface area (Å²) in [5.74, 6) is 0.526. The molecule has 0 radical (unpaired) electrons. The Morgan fingerprint density at radius 1 is 1.50 bits per heavy atom. The van der Waals surface area contributed by atoms with Crippen molar-refractivity contribution in [1.82, 2.24) is 4.90 Å². The highest BCUT2D eigenvalue weighted by atomic mass is 32.1. The van der Waals surface area contributed by atoms with Crippen molar-refractivity contribution < 1.29 is 4.79 Å². The predicted octanol–water partition coefficient (Wildman–Crippen LogP) is 1.40. The second-order valence-corrected chi connectivity index (χ2v) is 4.64. The molecule has 0 saturated carbocycles. The van der Waals surface area contributed by atoms with E-state index in [4.69, 9.17) is 5.73 Å². The third kappa shape index (κ3) is 2.23. The minimum atomic E-state index is 0.0709. The first kappa shape index (κ1) is 11.5. The summed E-state index contributed by atoms with van der Waals surface area (Å²) < 4.78 is 0. The van der Waals surface area contributed by atoms with Crippen molar-refractivity contribution in [3.05, 3.63) is 29.8 Å². The van der Waals surface area contributed by atoms with Crippen LogP contribution < -0.4 is 5.73 Å². The van der Waals surface area contributed by atoms with E-state index < -0.39 is 0 Å². The Labute approximate surface area is 101 Å². The molecule has 0 spiro atoms. The molecule has 2 rings (SSSR count). The summed E-state index contributed by atoms with van der Waals surface area (Å²) in [4.78, 5) is 14.8. The predicted molar refractivity (Wildman–Crippen MR) is 66.8 cm³/mol. The van der Waals surface area contributed by atoms with Gasteiger partial charge in [-0.25, -0.2) is 0 Å². The molecule has 1 atom stereocenters. The molecule has 1 aromatic carbocycles. The van der Waals surface area contributed by atoms with Gasteiger partial charge < -0.3 is 10.6 Å². The molecule has 1 fully saturated rings. The zero-order valence-corrected chi connectivity index (χ0v) is 9.99. The maximum Gasteiger partial charge on any atom is 0.254 e. The third-order valence-corrected chi connectivity index (χ3v) is 3.43. The van der Waals surface area contributed by atoms with Gasteiger partial charge in [-0.15, -0.1) is 12.6 Å². The average molecular weight is 236 g/mol. The number of amides is 1. The summed E-state index contributed by atoms with van der Waals surface area (Å²) in [5.41, 5.74) is 6.30. The van der Waals surface area contributed by atoms with Gasteiger partial charge in [0.1, 0.15) is 0 Å². The molecule has 86 valence electrons. The number of rotatable bonds is 2. The van der Waals surface area contributed by atoms with Gasteiger partial charge >= 0.3 is 0 Å². The molecule has 1 amide bonds. The van der Waals surface area contributed by atoms with E-state index in [1.54, 1.807) is 0 Å². The van der Waals surface area contributed by atoms with Crippen molar-refractivity contribution in [2.24, 2.45) is 11.7 Å². The Morgan fingerprint density at radius 2 is 2.25 bits per heavy atom. The highest BCUT2D eigenvalue weighted by Gasteiger charge is 2.26. The van der Waals surface area contributed by atoms with Crippen molar-refractivity contribution in [3.63, 3.8) is 0 Å². The van der Waals surface area contributed by atoms with E-state index in [1.165, 1.54) is 0 Å². The lowest BCUT2D eigenvalue weighted by Gasteiger charge is -2.17.